The van der Waals surface area contributed by atoms with Crippen molar-refractivity contribution >= 4 is 79.8 Å². The summed E-state index contributed by atoms with van der Waals surface area (Å²) in [4.78, 5) is 14.8. The number of aromatic nitrogens is 4. The Morgan fingerprint density at radius 1 is 0.590 bits per heavy atom. The Labute approximate surface area is 452 Å². The molecule has 4 aromatic heterocycles. The van der Waals surface area contributed by atoms with Crippen LogP contribution in [-0.4, -0.2) is 44.3 Å². The van der Waals surface area contributed by atoms with Crippen molar-refractivity contribution in [2.45, 2.75) is 27.7 Å². The maximum atomic E-state index is 12.2. The monoisotopic (exact) mass is 1010 g/mol. The molecule has 78 heavy (non-hydrogen) atoms. The summed E-state index contributed by atoms with van der Waals surface area (Å²) in [6.07, 6.45) is 0. The summed E-state index contributed by atoms with van der Waals surface area (Å²) >= 11 is 0. The number of aromatic hydroxyl groups is 1. The Balaban J connectivity index is 1.43. The van der Waals surface area contributed by atoms with Gasteiger partial charge >= 0.3 is 13.7 Å². The quantitative estimate of drug-likeness (QED) is 0.0902. The van der Waals surface area contributed by atoms with E-state index in [1.165, 1.54) is 0 Å². The number of hydrogen-bond donors (Lipinski definition) is 1. The summed E-state index contributed by atoms with van der Waals surface area (Å²) in [7, 11) is 0. The molecule has 8 aromatic carbocycles. The zero-order chi connectivity index (χ0) is 53.4. The molecular formula is C66H50B2N6O4. The maximum absolute atomic E-state index is 12.2. The standard InChI is InChI=1S/C66H50B2N6O4/c1-42(2)41-76-52-34-30-46(31-35-52)62-59-58(63(53(40-69)65-71-54-38-43(3)26-36-56(54)77-65)73(62)67(47-18-10-6-11-19-47)48-20-12-7-13-21-48)61(45-28-32-51(75)33-29-45)74(68(49-22-14-8-15-23-49)50-24-16-9-17-25-50)64(59)60(70-5)66-72-55-39-44(4)27-37-57(55)78-66/h6-39,42,75H,41H2,1-4H3/b63-53-,64-60+. The van der Waals surface area contributed by atoms with E-state index >= 15 is 0 Å². The number of phenolic OH excluding ortho intramolecular Hbond substituents is 1. The van der Waals surface area contributed by atoms with Crippen LogP contribution in [-0.2, 0) is 0 Å². The summed E-state index contributed by atoms with van der Waals surface area (Å²) in [6.45, 7) is 17.0. The molecule has 0 unspecified atom stereocenters. The van der Waals surface area contributed by atoms with Crippen LogP contribution >= 0.6 is 0 Å². The van der Waals surface area contributed by atoms with Gasteiger partial charge in [0.05, 0.1) is 23.9 Å². The number of phenols is 1. The smallest absolute Gasteiger partial charge is 0.328 e. The van der Waals surface area contributed by atoms with Crippen LogP contribution in [0.4, 0.5) is 0 Å². The third-order valence-corrected chi connectivity index (χ3v) is 14.2. The number of benzene rings is 8. The van der Waals surface area contributed by atoms with E-state index in [9.17, 15) is 16.9 Å². The van der Waals surface area contributed by atoms with Gasteiger partial charge in [-0.1, -0.05) is 169 Å². The van der Waals surface area contributed by atoms with E-state index in [4.69, 9.17) is 23.5 Å². The molecule has 10 nitrogen and oxygen atoms in total. The highest BCUT2D eigenvalue weighted by Gasteiger charge is 2.38. The van der Waals surface area contributed by atoms with Crippen molar-refractivity contribution in [3.63, 3.8) is 0 Å². The predicted octanol–water partition coefficient (Wildman–Crippen LogP) is 10.5. The Bertz CT molecular complexity index is 4220. The number of hydrogen-bond acceptors (Lipinski definition) is 7. The number of rotatable bonds is 13. The fourth-order valence-corrected chi connectivity index (χ4v) is 10.8. The van der Waals surface area contributed by atoms with Gasteiger partial charge in [0.25, 0.3) is 5.70 Å². The van der Waals surface area contributed by atoms with Gasteiger partial charge in [-0.15, -0.1) is 0 Å². The second kappa shape index (κ2) is 20.6. The molecule has 374 valence electrons. The highest BCUT2D eigenvalue weighted by molar-refractivity contribution is 6.85. The van der Waals surface area contributed by atoms with E-state index in [-0.39, 0.29) is 28.8 Å². The first kappa shape index (κ1) is 48.9. The van der Waals surface area contributed by atoms with Crippen LogP contribution < -0.4 is 37.3 Å². The van der Waals surface area contributed by atoms with Crippen LogP contribution in [0.15, 0.2) is 215 Å². The molecule has 0 bridgehead atoms. The number of nitrogens with zero attached hydrogens (tertiary/aromatic N) is 6. The Morgan fingerprint density at radius 3 is 1.46 bits per heavy atom. The number of fused-ring (bicyclic) bond motifs is 3. The molecule has 0 aliphatic rings. The molecule has 0 atom stereocenters. The van der Waals surface area contributed by atoms with E-state index in [1.54, 1.807) is 12.1 Å². The third-order valence-electron chi connectivity index (χ3n) is 14.2. The highest BCUT2D eigenvalue weighted by atomic mass is 16.5. The van der Waals surface area contributed by atoms with Crippen molar-refractivity contribution in [3.05, 3.63) is 251 Å². The molecule has 12 heteroatoms. The topological polar surface area (TPSA) is 120 Å². The molecule has 0 aliphatic carbocycles. The van der Waals surface area contributed by atoms with Crippen molar-refractivity contribution in [3.8, 4) is 40.1 Å². The lowest BCUT2D eigenvalue weighted by Crippen LogP contribution is -2.54. The van der Waals surface area contributed by atoms with E-state index in [0.717, 1.165) is 38.5 Å². The Hall–Kier alpha value is -10.0. The van der Waals surface area contributed by atoms with Crippen LogP contribution in [0, 0.1) is 37.7 Å². The lowest BCUT2D eigenvalue weighted by molar-refractivity contribution is 0.271. The Morgan fingerprint density at radius 2 is 1.01 bits per heavy atom. The second-order valence-corrected chi connectivity index (χ2v) is 20.0. The lowest BCUT2D eigenvalue weighted by atomic mass is 9.50. The molecule has 12 rings (SSSR count). The van der Waals surface area contributed by atoms with E-state index in [0.29, 0.717) is 78.9 Å². The average Bonchev–Trinajstić information content (AvgIpc) is 3.95. The van der Waals surface area contributed by atoms with Gasteiger partial charge in [-0.05, 0) is 115 Å². The highest BCUT2D eigenvalue weighted by Crippen LogP contribution is 2.38. The molecule has 1 N–H and O–H groups in total. The van der Waals surface area contributed by atoms with Gasteiger partial charge in [-0.25, -0.2) is 14.8 Å². The summed E-state index contributed by atoms with van der Waals surface area (Å²) in [5.41, 5.74) is 11.1. The molecule has 0 aliphatic heterocycles. The summed E-state index contributed by atoms with van der Waals surface area (Å²) in [5.74, 6) is 1.31. The van der Waals surface area contributed by atoms with Crippen molar-refractivity contribution in [2.75, 3.05) is 6.61 Å². The number of aryl methyl sites for hydroxylation is 2. The van der Waals surface area contributed by atoms with E-state index < -0.39 is 13.7 Å². The molecule has 0 radical (unpaired) electrons. The van der Waals surface area contributed by atoms with Crippen LogP contribution in [0.25, 0.3) is 71.6 Å². The van der Waals surface area contributed by atoms with Crippen molar-refractivity contribution in [2.24, 2.45) is 5.92 Å². The largest absolute Gasteiger partial charge is 0.508 e. The average molecular weight is 1010 g/mol. The van der Waals surface area contributed by atoms with E-state index in [1.807, 2.05) is 147 Å². The SMILES string of the molecule is [C-]#[N+]/C(c1nc2cc(C)ccc2o1)=c1\c2c(-c3ccc(OCC(C)C)cc3)n(B(c3ccccc3)c3ccccc3)/c(=C(/C#N)c3nc4cc(C)ccc4o3)c2c(-c2ccc(O)cc2)n1B(c1ccccc1)c1ccccc1. The maximum Gasteiger partial charge on any atom is 0.328 e. The zero-order valence-electron chi connectivity index (χ0n) is 43.4. The second-order valence-electron chi connectivity index (χ2n) is 20.0. The lowest BCUT2D eigenvalue weighted by Gasteiger charge is -2.24. The first-order chi connectivity index (χ1) is 38.2. The van der Waals surface area contributed by atoms with Gasteiger partial charge in [0.1, 0.15) is 34.2 Å². The fraction of sp³-hybridized carbons (Fsp3) is 0.0909. The predicted molar refractivity (Wildman–Crippen MR) is 313 cm³/mol. The van der Waals surface area contributed by atoms with Gasteiger partial charge in [-0.2, -0.15) is 5.26 Å². The molecule has 12 aromatic rings. The minimum Gasteiger partial charge on any atom is -0.508 e. The van der Waals surface area contributed by atoms with Crippen molar-refractivity contribution < 1.29 is 18.7 Å². The van der Waals surface area contributed by atoms with Crippen molar-refractivity contribution in [1.29, 1.82) is 5.26 Å². The fourth-order valence-electron chi connectivity index (χ4n) is 10.8. The molecule has 0 fully saturated rings. The van der Waals surface area contributed by atoms with Gasteiger partial charge in [-0.3, -0.25) is 0 Å². The van der Waals surface area contributed by atoms with Crippen LogP contribution in [0.2, 0.25) is 0 Å². The molecule has 0 spiro atoms. The molecule has 0 amide bonds. The van der Waals surface area contributed by atoms with Crippen molar-refractivity contribution in [1.82, 2.24) is 18.9 Å². The minimum absolute atomic E-state index is 0.0729. The summed E-state index contributed by atoms with van der Waals surface area (Å²) in [6, 6.07) is 70.5. The van der Waals surface area contributed by atoms with Crippen LogP contribution in [0.3, 0.4) is 0 Å². The zero-order valence-corrected chi connectivity index (χ0v) is 43.4. The number of oxazole rings is 2. The van der Waals surface area contributed by atoms with Gasteiger partial charge in [0.2, 0.25) is 11.8 Å². The summed E-state index contributed by atoms with van der Waals surface area (Å²) < 4.78 is 24.3. The van der Waals surface area contributed by atoms with Gasteiger partial charge in [0.15, 0.2) is 11.2 Å². The molecule has 0 saturated heterocycles. The number of nitriles is 1. The van der Waals surface area contributed by atoms with E-state index in [2.05, 4.69) is 94.4 Å². The first-order valence-electron chi connectivity index (χ1n) is 26.0. The third kappa shape index (κ3) is 8.89. The minimum atomic E-state index is -0.611. The normalized spacial score (nSPS) is 12.2. The summed E-state index contributed by atoms with van der Waals surface area (Å²) in [5, 5.41) is 25.5. The van der Waals surface area contributed by atoms with Crippen LogP contribution in [0.5, 0.6) is 11.5 Å². The molecule has 4 heterocycles. The Kier molecular flexibility index (Phi) is 12.9. The van der Waals surface area contributed by atoms with Gasteiger partial charge in [0, 0.05) is 22.2 Å². The van der Waals surface area contributed by atoms with Crippen LogP contribution in [0.1, 0.15) is 36.8 Å². The first-order valence-corrected chi connectivity index (χ1v) is 26.0. The molecule has 0 saturated carbocycles. The van der Waals surface area contributed by atoms with Gasteiger partial charge < -0.3 is 27.6 Å². The molecular weight excluding hydrogens is 962 g/mol. The number of ether oxygens (including phenoxy) is 1.